The zero-order valence-corrected chi connectivity index (χ0v) is 14.6. The predicted molar refractivity (Wildman–Crippen MR) is 97.1 cm³/mol. The molecule has 2 N–H and O–H groups in total. The van der Waals surface area contributed by atoms with Gasteiger partial charge in [-0.2, -0.15) is 0 Å². The van der Waals surface area contributed by atoms with Gasteiger partial charge in [-0.1, -0.05) is 49.6 Å². The minimum atomic E-state index is -0.871. The third kappa shape index (κ3) is 4.92. The second kappa shape index (κ2) is 8.81. The highest BCUT2D eigenvalue weighted by Gasteiger charge is 2.27. The highest BCUT2D eigenvalue weighted by atomic mass is 16.3. The minimum absolute atomic E-state index is 0.119. The van der Waals surface area contributed by atoms with Crippen molar-refractivity contribution in [2.75, 3.05) is 6.54 Å². The fraction of sp³-hybridized carbons (Fsp3) is 0.500. The third-order valence-electron chi connectivity index (χ3n) is 5.01. The largest absolute Gasteiger partial charge is 0.383 e. The van der Waals surface area contributed by atoms with Gasteiger partial charge in [-0.05, 0) is 24.3 Å². The van der Waals surface area contributed by atoms with Gasteiger partial charge < -0.3 is 15.0 Å². The number of carbonyl (C=O) groups is 1. The maximum absolute atomic E-state index is 12.2. The topological polar surface area (TPSA) is 67.2 Å². The Balaban J connectivity index is 1.47. The quantitative estimate of drug-likeness (QED) is 0.813. The van der Waals surface area contributed by atoms with E-state index in [0.717, 1.165) is 38.1 Å². The fourth-order valence-corrected chi connectivity index (χ4v) is 3.56. The van der Waals surface area contributed by atoms with Crippen molar-refractivity contribution in [2.45, 2.75) is 51.2 Å². The van der Waals surface area contributed by atoms with Crippen molar-refractivity contribution in [1.82, 2.24) is 14.9 Å². The van der Waals surface area contributed by atoms with Crippen molar-refractivity contribution in [2.24, 2.45) is 5.92 Å². The zero-order valence-electron chi connectivity index (χ0n) is 14.6. The van der Waals surface area contributed by atoms with Crippen LogP contribution in [-0.4, -0.2) is 33.2 Å². The van der Waals surface area contributed by atoms with E-state index in [-0.39, 0.29) is 11.8 Å². The van der Waals surface area contributed by atoms with Crippen molar-refractivity contribution in [3.63, 3.8) is 0 Å². The lowest BCUT2D eigenvalue weighted by molar-refractivity contribution is -0.132. The first-order chi connectivity index (χ1) is 12.2. The maximum atomic E-state index is 12.2. The summed E-state index contributed by atoms with van der Waals surface area (Å²) in [5.41, 5.74) is 1.22. The molecule has 1 fully saturated rings. The smallest absolute Gasteiger partial charge is 0.249 e. The number of hydrogen-bond donors (Lipinski definition) is 2. The number of imidazole rings is 1. The van der Waals surface area contributed by atoms with Crippen LogP contribution >= 0.6 is 0 Å². The average Bonchev–Trinajstić information content (AvgIpc) is 3.09. The predicted octanol–water partition coefficient (Wildman–Crippen LogP) is 2.53. The number of benzene rings is 1. The summed E-state index contributed by atoms with van der Waals surface area (Å²) in [6.07, 6.45) is 8.89. The highest BCUT2D eigenvalue weighted by Crippen LogP contribution is 2.26. The number of aromatic nitrogens is 2. The molecular formula is C20H27N3O2. The number of hydrogen-bond acceptors (Lipinski definition) is 3. The van der Waals surface area contributed by atoms with Gasteiger partial charge in [0.15, 0.2) is 0 Å². The lowest BCUT2D eigenvalue weighted by Crippen LogP contribution is -2.41. The molecule has 2 aromatic rings. The Labute approximate surface area is 149 Å². The number of aliphatic hydroxyl groups is 1. The molecule has 1 aliphatic rings. The molecule has 1 aromatic heterocycles. The van der Waals surface area contributed by atoms with Gasteiger partial charge in [-0.15, -0.1) is 0 Å². The summed E-state index contributed by atoms with van der Waals surface area (Å²) in [4.78, 5) is 16.6. The Kier molecular flexibility index (Phi) is 6.23. The second-order valence-corrected chi connectivity index (χ2v) is 6.84. The van der Waals surface area contributed by atoms with Crippen LogP contribution in [0.3, 0.4) is 0 Å². The van der Waals surface area contributed by atoms with Gasteiger partial charge in [-0.3, -0.25) is 4.79 Å². The number of nitrogens with zero attached hydrogens (tertiary/aromatic N) is 2. The van der Waals surface area contributed by atoms with E-state index >= 15 is 0 Å². The molecule has 1 heterocycles. The lowest BCUT2D eigenvalue weighted by Gasteiger charge is -2.25. The number of carbonyl (C=O) groups excluding carboxylic acids is 1. The van der Waals surface area contributed by atoms with Crippen molar-refractivity contribution < 1.29 is 9.90 Å². The molecular weight excluding hydrogens is 314 g/mol. The van der Waals surface area contributed by atoms with Crippen LogP contribution in [0.25, 0.3) is 0 Å². The summed E-state index contributed by atoms with van der Waals surface area (Å²) in [6, 6.07) is 10.2. The molecule has 0 saturated heterocycles. The lowest BCUT2D eigenvalue weighted by atomic mass is 9.85. The molecule has 1 amide bonds. The Hall–Kier alpha value is -2.14. The molecule has 1 aliphatic carbocycles. The second-order valence-electron chi connectivity index (χ2n) is 6.84. The summed E-state index contributed by atoms with van der Waals surface area (Å²) in [6.45, 7) is 1.27. The average molecular weight is 341 g/mol. The molecule has 5 heteroatoms. The van der Waals surface area contributed by atoms with Crippen LogP contribution in [-0.2, 0) is 17.8 Å². The molecule has 3 rings (SSSR count). The molecule has 0 aliphatic heterocycles. The third-order valence-corrected chi connectivity index (χ3v) is 5.01. The van der Waals surface area contributed by atoms with Crippen molar-refractivity contribution in [1.29, 1.82) is 0 Å². The van der Waals surface area contributed by atoms with Crippen LogP contribution in [0, 0.1) is 5.92 Å². The van der Waals surface area contributed by atoms with Crippen LogP contribution in [0.15, 0.2) is 42.7 Å². The maximum Gasteiger partial charge on any atom is 0.249 e. The first kappa shape index (κ1) is 17.7. The molecule has 134 valence electrons. The van der Waals surface area contributed by atoms with Gasteiger partial charge in [0.25, 0.3) is 0 Å². The molecule has 5 nitrogen and oxygen atoms in total. The molecule has 1 unspecified atom stereocenters. The van der Waals surface area contributed by atoms with E-state index in [1.807, 2.05) is 24.4 Å². The van der Waals surface area contributed by atoms with E-state index in [4.69, 9.17) is 0 Å². The number of nitrogens with one attached hydrogen (secondary N) is 1. The van der Waals surface area contributed by atoms with Gasteiger partial charge in [0.05, 0.1) is 0 Å². The summed E-state index contributed by atoms with van der Waals surface area (Å²) in [7, 11) is 0. The Bertz CT molecular complexity index is 663. The number of amides is 1. The Morgan fingerprint density at radius 2 is 2.00 bits per heavy atom. The molecule has 0 radical (unpaired) electrons. The van der Waals surface area contributed by atoms with E-state index < -0.39 is 6.10 Å². The summed E-state index contributed by atoms with van der Waals surface area (Å²) in [5, 5.41) is 13.1. The van der Waals surface area contributed by atoms with E-state index in [2.05, 4.69) is 27.0 Å². The number of rotatable bonds is 7. The van der Waals surface area contributed by atoms with Crippen molar-refractivity contribution in [3.05, 3.63) is 54.1 Å². The molecule has 0 bridgehead atoms. The molecule has 1 atom stereocenters. The van der Waals surface area contributed by atoms with Crippen LogP contribution in [0.4, 0.5) is 0 Å². The van der Waals surface area contributed by atoms with E-state index in [9.17, 15) is 9.90 Å². The minimum Gasteiger partial charge on any atom is -0.383 e. The highest BCUT2D eigenvalue weighted by molar-refractivity contribution is 5.80. The van der Waals surface area contributed by atoms with Crippen molar-refractivity contribution >= 4 is 5.91 Å². The number of aliphatic hydroxyl groups excluding tert-OH is 1. The normalized spacial score (nSPS) is 16.5. The van der Waals surface area contributed by atoms with Gasteiger partial charge in [-0.25, -0.2) is 4.98 Å². The van der Waals surface area contributed by atoms with Crippen LogP contribution in [0.2, 0.25) is 0 Å². The Morgan fingerprint density at radius 1 is 1.24 bits per heavy atom. The zero-order chi connectivity index (χ0) is 17.5. The summed E-state index contributed by atoms with van der Waals surface area (Å²) >= 11 is 0. The molecule has 0 spiro atoms. The Morgan fingerprint density at radius 3 is 2.76 bits per heavy atom. The SMILES string of the molecule is O=C(NCCc1nccn1Cc1ccccc1)C(O)C1CCCCC1. The molecule has 1 saturated carbocycles. The van der Waals surface area contributed by atoms with E-state index in [1.165, 1.54) is 12.0 Å². The van der Waals surface area contributed by atoms with Gasteiger partial charge in [0, 0.05) is 31.9 Å². The monoisotopic (exact) mass is 341 g/mol. The van der Waals surface area contributed by atoms with Crippen LogP contribution in [0.5, 0.6) is 0 Å². The first-order valence-electron chi connectivity index (χ1n) is 9.24. The molecule has 25 heavy (non-hydrogen) atoms. The van der Waals surface area contributed by atoms with Crippen LogP contribution < -0.4 is 5.32 Å². The first-order valence-corrected chi connectivity index (χ1v) is 9.24. The van der Waals surface area contributed by atoms with E-state index in [0.29, 0.717) is 13.0 Å². The molecule has 1 aromatic carbocycles. The summed E-state index contributed by atoms with van der Waals surface area (Å²) < 4.78 is 2.10. The standard InChI is InChI=1S/C20H27N3O2/c24-19(17-9-5-2-6-10-17)20(25)22-12-11-18-21-13-14-23(18)15-16-7-3-1-4-8-16/h1,3-4,7-8,13-14,17,19,24H,2,5-6,9-12,15H2,(H,22,25). The van der Waals surface area contributed by atoms with Gasteiger partial charge >= 0.3 is 0 Å². The van der Waals surface area contributed by atoms with Gasteiger partial charge in [0.1, 0.15) is 11.9 Å². The van der Waals surface area contributed by atoms with Crippen LogP contribution in [0.1, 0.15) is 43.5 Å². The summed E-state index contributed by atoms with van der Waals surface area (Å²) in [5.74, 6) is 0.818. The fourth-order valence-electron chi connectivity index (χ4n) is 3.56. The van der Waals surface area contributed by atoms with Gasteiger partial charge in [0.2, 0.25) is 5.91 Å². The van der Waals surface area contributed by atoms with E-state index in [1.54, 1.807) is 6.20 Å². The van der Waals surface area contributed by atoms with Crippen molar-refractivity contribution in [3.8, 4) is 0 Å².